The predicted molar refractivity (Wildman–Crippen MR) is 96.2 cm³/mol. The summed E-state index contributed by atoms with van der Waals surface area (Å²) in [7, 11) is 0. The average molecular weight is 322 g/mol. The van der Waals surface area contributed by atoms with Gasteiger partial charge in [-0.1, -0.05) is 29.8 Å². The molecule has 4 nitrogen and oxygen atoms in total. The monoisotopic (exact) mass is 322 g/mol. The van der Waals surface area contributed by atoms with Crippen molar-refractivity contribution in [3.8, 4) is 0 Å². The fourth-order valence-electron chi connectivity index (χ4n) is 2.98. The summed E-state index contributed by atoms with van der Waals surface area (Å²) in [6, 6.07) is 13.7. The van der Waals surface area contributed by atoms with Gasteiger partial charge in [0.05, 0.1) is 5.92 Å². The van der Waals surface area contributed by atoms with Gasteiger partial charge < -0.3 is 10.2 Å². The minimum atomic E-state index is -0.321. The van der Waals surface area contributed by atoms with E-state index in [4.69, 9.17) is 0 Å². The van der Waals surface area contributed by atoms with Gasteiger partial charge in [0.25, 0.3) is 0 Å². The van der Waals surface area contributed by atoms with Gasteiger partial charge >= 0.3 is 0 Å². The van der Waals surface area contributed by atoms with Gasteiger partial charge in [-0.3, -0.25) is 9.59 Å². The summed E-state index contributed by atoms with van der Waals surface area (Å²) in [5.74, 6) is -0.412. The van der Waals surface area contributed by atoms with Crippen LogP contribution in [-0.2, 0) is 9.59 Å². The van der Waals surface area contributed by atoms with E-state index in [-0.39, 0.29) is 24.2 Å². The predicted octanol–water partition coefficient (Wildman–Crippen LogP) is 3.60. The normalized spacial score (nSPS) is 17.2. The largest absolute Gasteiger partial charge is 0.326 e. The van der Waals surface area contributed by atoms with Crippen LogP contribution in [0.4, 0.5) is 11.4 Å². The second-order valence-corrected chi connectivity index (χ2v) is 6.48. The molecule has 1 atom stereocenters. The van der Waals surface area contributed by atoms with Crippen molar-refractivity contribution in [3.63, 3.8) is 0 Å². The van der Waals surface area contributed by atoms with Gasteiger partial charge in [-0.15, -0.1) is 0 Å². The lowest BCUT2D eigenvalue weighted by atomic mass is 10.1. The zero-order valence-corrected chi connectivity index (χ0v) is 14.3. The highest BCUT2D eigenvalue weighted by atomic mass is 16.2. The molecule has 1 heterocycles. The average Bonchev–Trinajstić information content (AvgIpc) is 2.94. The smallest absolute Gasteiger partial charge is 0.229 e. The molecule has 1 aliphatic heterocycles. The van der Waals surface area contributed by atoms with E-state index >= 15 is 0 Å². The summed E-state index contributed by atoms with van der Waals surface area (Å²) < 4.78 is 0. The zero-order chi connectivity index (χ0) is 17.3. The van der Waals surface area contributed by atoms with E-state index in [0.717, 1.165) is 28.1 Å². The molecule has 24 heavy (non-hydrogen) atoms. The van der Waals surface area contributed by atoms with Crippen LogP contribution in [0, 0.1) is 26.7 Å². The van der Waals surface area contributed by atoms with Crippen LogP contribution in [-0.4, -0.2) is 18.4 Å². The topological polar surface area (TPSA) is 49.4 Å². The summed E-state index contributed by atoms with van der Waals surface area (Å²) in [6.45, 7) is 6.45. The number of hydrogen-bond donors (Lipinski definition) is 1. The lowest BCUT2D eigenvalue weighted by Crippen LogP contribution is -2.28. The van der Waals surface area contributed by atoms with E-state index in [1.807, 2.05) is 63.2 Å². The number of benzene rings is 2. The second-order valence-electron chi connectivity index (χ2n) is 6.48. The molecule has 2 aromatic carbocycles. The summed E-state index contributed by atoms with van der Waals surface area (Å²) in [6.07, 6.45) is 0.255. The van der Waals surface area contributed by atoms with Crippen molar-refractivity contribution in [2.75, 3.05) is 16.8 Å². The highest BCUT2D eigenvalue weighted by molar-refractivity contribution is 6.03. The number of carbonyl (C=O) groups is 2. The maximum absolute atomic E-state index is 12.6. The Hall–Kier alpha value is -2.62. The Morgan fingerprint density at radius 3 is 2.50 bits per heavy atom. The molecule has 1 N–H and O–H groups in total. The van der Waals surface area contributed by atoms with Crippen LogP contribution in [0.15, 0.2) is 42.5 Å². The highest BCUT2D eigenvalue weighted by Gasteiger charge is 2.35. The molecule has 0 bridgehead atoms. The first kappa shape index (κ1) is 16.2. The van der Waals surface area contributed by atoms with Gasteiger partial charge in [0.1, 0.15) is 0 Å². The molecule has 2 amide bonds. The van der Waals surface area contributed by atoms with Gasteiger partial charge in [-0.25, -0.2) is 0 Å². The Morgan fingerprint density at radius 2 is 1.79 bits per heavy atom. The van der Waals surface area contributed by atoms with Gasteiger partial charge in [0, 0.05) is 24.3 Å². The third-order valence-corrected chi connectivity index (χ3v) is 4.70. The maximum Gasteiger partial charge on any atom is 0.229 e. The molecule has 1 fully saturated rings. The van der Waals surface area contributed by atoms with E-state index in [1.54, 1.807) is 4.90 Å². The number of rotatable bonds is 3. The molecule has 0 aromatic heterocycles. The molecule has 1 aliphatic rings. The first-order valence-electron chi connectivity index (χ1n) is 8.20. The molecule has 1 unspecified atom stereocenters. The first-order valence-corrected chi connectivity index (χ1v) is 8.20. The molecule has 0 spiro atoms. The molecule has 1 saturated heterocycles. The standard InChI is InChI=1S/C20H22N2O2/c1-13-7-9-17(10-8-13)22-12-16(11-19(22)23)20(24)21-18-6-4-5-14(2)15(18)3/h4-10,16H,11-12H2,1-3H3,(H,21,24). The molecule has 3 rings (SSSR count). The summed E-state index contributed by atoms with van der Waals surface area (Å²) in [4.78, 5) is 26.6. The molecular formula is C20H22N2O2. The van der Waals surface area contributed by atoms with Crippen LogP contribution in [0.1, 0.15) is 23.1 Å². The van der Waals surface area contributed by atoms with Gasteiger partial charge in [-0.2, -0.15) is 0 Å². The number of carbonyl (C=O) groups excluding carboxylic acids is 2. The molecule has 124 valence electrons. The van der Waals surface area contributed by atoms with Crippen LogP contribution in [0.25, 0.3) is 0 Å². The van der Waals surface area contributed by atoms with Crippen molar-refractivity contribution in [2.24, 2.45) is 5.92 Å². The molecular weight excluding hydrogens is 300 g/mol. The van der Waals surface area contributed by atoms with Crippen molar-refractivity contribution in [1.82, 2.24) is 0 Å². The molecule has 0 saturated carbocycles. The molecule has 2 aromatic rings. The van der Waals surface area contributed by atoms with Crippen molar-refractivity contribution < 1.29 is 9.59 Å². The molecule has 0 radical (unpaired) electrons. The number of hydrogen-bond acceptors (Lipinski definition) is 2. The van der Waals surface area contributed by atoms with Crippen molar-refractivity contribution in [3.05, 3.63) is 59.2 Å². The van der Waals surface area contributed by atoms with Crippen LogP contribution in [0.5, 0.6) is 0 Å². The van der Waals surface area contributed by atoms with Crippen LogP contribution in [0.3, 0.4) is 0 Å². The summed E-state index contributed by atoms with van der Waals surface area (Å²) >= 11 is 0. The Kier molecular flexibility index (Phi) is 4.38. The van der Waals surface area contributed by atoms with Crippen LogP contribution >= 0.6 is 0 Å². The fourth-order valence-corrected chi connectivity index (χ4v) is 2.98. The quantitative estimate of drug-likeness (QED) is 0.938. The second kappa shape index (κ2) is 6.48. The van der Waals surface area contributed by atoms with E-state index in [9.17, 15) is 9.59 Å². The SMILES string of the molecule is Cc1ccc(N2CC(C(=O)Nc3cccc(C)c3C)CC2=O)cc1. The maximum atomic E-state index is 12.6. The number of aryl methyl sites for hydroxylation is 2. The number of anilines is 2. The van der Waals surface area contributed by atoms with Crippen molar-refractivity contribution in [1.29, 1.82) is 0 Å². The lowest BCUT2D eigenvalue weighted by molar-refractivity contribution is -0.122. The number of amides is 2. The van der Waals surface area contributed by atoms with E-state index in [1.165, 1.54) is 0 Å². The third kappa shape index (κ3) is 3.18. The fraction of sp³-hybridized carbons (Fsp3) is 0.300. The first-order chi connectivity index (χ1) is 11.5. The Labute approximate surface area is 142 Å². The summed E-state index contributed by atoms with van der Waals surface area (Å²) in [5, 5.41) is 2.98. The van der Waals surface area contributed by atoms with E-state index in [0.29, 0.717) is 6.54 Å². The van der Waals surface area contributed by atoms with E-state index < -0.39 is 0 Å². The molecule has 4 heteroatoms. The Bertz CT molecular complexity index is 781. The third-order valence-electron chi connectivity index (χ3n) is 4.70. The van der Waals surface area contributed by atoms with Gasteiger partial charge in [0.2, 0.25) is 11.8 Å². The Morgan fingerprint density at radius 1 is 1.08 bits per heavy atom. The van der Waals surface area contributed by atoms with Gasteiger partial charge in [-0.05, 0) is 50.1 Å². The molecule has 0 aliphatic carbocycles. The van der Waals surface area contributed by atoms with Crippen LogP contribution < -0.4 is 10.2 Å². The summed E-state index contributed by atoms with van der Waals surface area (Å²) in [5.41, 5.74) is 5.02. The zero-order valence-electron chi connectivity index (χ0n) is 14.3. The number of nitrogens with one attached hydrogen (secondary N) is 1. The minimum absolute atomic E-state index is 0.0000303. The Balaban J connectivity index is 1.72. The van der Waals surface area contributed by atoms with Crippen molar-refractivity contribution in [2.45, 2.75) is 27.2 Å². The van der Waals surface area contributed by atoms with Crippen LogP contribution in [0.2, 0.25) is 0 Å². The van der Waals surface area contributed by atoms with E-state index in [2.05, 4.69) is 5.32 Å². The lowest BCUT2D eigenvalue weighted by Gasteiger charge is -2.17. The minimum Gasteiger partial charge on any atom is -0.326 e. The van der Waals surface area contributed by atoms with Gasteiger partial charge in [0.15, 0.2) is 0 Å². The van der Waals surface area contributed by atoms with Crippen molar-refractivity contribution >= 4 is 23.2 Å². The number of nitrogens with zero attached hydrogens (tertiary/aromatic N) is 1. The highest BCUT2D eigenvalue weighted by Crippen LogP contribution is 2.27.